The molecule has 0 fully saturated rings. The third-order valence-electron chi connectivity index (χ3n) is 10.6. The first-order valence-electron chi connectivity index (χ1n) is 24.3. The molecule has 5 aromatic carbocycles. The maximum Gasteiger partial charge on any atom is 0.341 e. The molecule has 0 heterocycles. The van der Waals surface area contributed by atoms with Crippen LogP contribution in [0.25, 0.3) is 0 Å². The molecule has 0 saturated carbocycles. The minimum atomic E-state index is -0.551. The van der Waals surface area contributed by atoms with E-state index in [1.54, 1.807) is 98.7 Å². The number of esters is 4. The second kappa shape index (κ2) is 33.6. The zero-order chi connectivity index (χ0) is 56.9. The van der Waals surface area contributed by atoms with E-state index in [-0.39, 0.29) is 29.3 Å². The van der Waals surface area contributed by atoms with Gasteiger partial charge in [0.2, 0.25) is 5.91 Å². The lowest BCUT2D eigenvalue weighted by atomic mass is 10.0. The van der Waals surface area contributed by atoms with E-state index in [2.05, 4.69) is 27.8 Å². The monoisotopic (exact) mass is 1040 g/mol. The number of halogens is 1. The summed E-state index contributed by atoms with van der Waals surface area (Å²) >= 11 is 0. The van der Waals surface area contributed by atoms with Gasteiger partial charge in [0.05, 0.1) is 51.2 Å². The van der Waals surface area contributed by atoms with E-state index < -0.39 is 23.7 Å². The molecule has 0 spiro atoms. The Morgan fingerprint density at radius 2 is 0.933 bits per heavy atom. The Morgan fingerprint density at radius 1 is 0.507 bits per heavy atom. The van der Waals surface area contributed by atoms with Gasteiger partial charge in [-0.25, -0.2) is 23.6 Å². The van der Waals surface area contributed by atoms with Gasteiger partial charge in [0.1, 0.15) is 17.1 Å². The molecule has 0 unspecified atom stereocenters. The summed E-state index contributed by atoms with van der Waals surface area (Å²) in [5.41, 5.74) is 14.1. The minimum absolute atomic E-state index is 0.120. The van der Waals surface area contributed by atoms with Gasteiger partial charge in [0.15, 0.2) is 0 Å². The summed E-state index contributed by atoms with van der Waals surface area (Å²) in [7, 11) is 12.6. The number of anilines is 1. The number of nitrogens with zero attached hydrogens (tertiary/aromatic N) is 2. The van der Waals surface area contributed by atoms with E-state index >= 15 is 0 Å². The molecule has 406 valence electrons. The highest BCUT2D eigenvalue weighted by Gasteiger charge is 2.16. The van der Waals surface area contributed by atoms with Crippen LogP contribution in [0, 0.1) is 12.7 Å². The fourth-order valence-electron chi connectivity index (χ4n) is 6.64. The highest BCUT2D eigenvalue weighted by atomic mass is 19.1. The van der Waals surface area contributed by atoms with E-state index in [1.807, 2.05) is 52.0 Å². The standard InChI is InChI=1S/C13H17NO3.C12H16O3.C11H13FO2.C11H15N3O2.C11H14O2/c1-5-9-6-10(12(15)14(2)3)8-11(7-9)13(16)17-4;1-4-9-6-7-11(14-3)10(8-9)12(13)15-5-2;1-3-8-5-9(7-10(12)6-8)11(13)14-4-2;1-13-9-5-7(10(12)15)4-8(6-9)11(16)14(2)3;1-4-9-5-8(2)6-10(7-9)11(12)13-3/h6-8H,5H2,1-4H3;6-8H,4-5H2,1-3H3;5-7H,3-4H2,1-2H3;4-6,13H,1-3H3,(H2,12,15);5-7H,4H2,1-3H3. The zero-order valence-electron chi connectivity index (χ0n) is 46.2. The predicted octanol–water partition coefficient (Wildman–Crippen LogP) is 9.61. The van der Waals surface area contributed by atoms with Gasteiger partial charge in [-0.2, -0.15) is 0 Å². The van der Waals surface area contributed by atoms with Crippen LogP contribution in [0.3, 0.4) is 0 Å². The Bertz CT molecular complexity index is 2720. The molecule has 0 aliphatic heterocycles. The van der Waals surface area contributed by atoms with Crippen molar-refractivity contribution in [3.05, 3.63) is 164 Å². The maximum atomic E-state index is 13.0. The van der Waals surface area contributed by atoms with Crippen LogP contribution in [0.1, 0.15) is 142 Å². The number of benzene rings is 5. The lowest BCUT2D eigenvalue weighted by Crippen LogP contribution is -2.22. The average Bonchev–Trinajstić information content (AvgIpc) is 3.41. The van der Waals surface area contributed by atoms with E-state index in [0.29, 0.717) is 64.5 Å². The van der Waals surface area contributed by atoms with Crippen LogP contribution in [-0.2, 0) is 44.6 Å². The Labute approximate surface area is 441 Å². The fourth-order valence-corrected chi connectivity index (χ4v) is 6.64. The Morgan fingerprint density at radius 3 is 1.39 bits per heavy atom. The number of methoxy groups -OCH3 is 3. The van der Waals surface area contributed by atoms with Crippen molar-refractivity contribution in [3.8, 4) is 5.75 Å². The average molecular weight is 1040 g/mol. The molecular weight excluding hydrogens is 964 g/mol. The maximum absolute atomic E-state index is 13.0. The van der Waals surface area contributed by atoms with Gasteiger partial charge in [-0.3, -0.25) is 14.4 Å². The lowest BCUT2D eigenvalue weighted by molar-refractivity contribution is 0.0514. The number of nitrogens with two attached hydrogens (primary N) is 1. The van der Waals surface area contributed by atoms with E-state index in [9.17, 15) is 38.0 Å². The number of rotatable bonds is 15. The highest BCUT2D eigenvalue weighted by Crippen LogP contribution is 2.22. The largest absolute Gasteiger partial charge is 0.496 e. The molecule has 3 N–H and O–H groups in total. The molecule has 0 saturated heterocycles. The number of hydrogen-bond donors (Lipinski definition) is 2. The van der Waals surface area contributed by atoms with Crippen molar-refractivity contribution < 1.29 is 61.6 Å². The molecule has 16 nitrogen and oxygen atoms in total. The minimum Gasteiger partial charge on any atom is -0.496 e. The summed E-state index contributed by atoms with van der Waals surface area (Å²) in [5.74, 6) is -2.16. The molecule has 17 heteroatoms. The van der Waals surface area contributed by atoms with Crippen LogP contribution in [0.15, 0.2) is 91.0 Å². The van der Waals surface area contributed by atoms with Gasteiger partial charge in [-0.05, 0) is 148 Å². The fraction of sp³-hybridized carbons (Fsp3) is 0.362. The Kier molecular flexibility index (Phi) is 29.1. The van der Waals surface area contributed by atoms with Crippen LogP contribution < -0.4 is 15.8 Å². The number of nitrogens with one attached hydrogen (secondary N) is 1. The van der Waals surface area contributed by atoms with Gasteiger partial charge >= 0.3 is 23.9 Å². The predicted molar refractivity (Wildman–Crippen MR) is 290 cm³/mol. The summed E-state index contributed by atoms with van der Waals surface area (Å²) in [5, 5.41) is 2.88. The SMILES string of the molecule is CCOC(=O)c1cc(CC)ccc1OC.CCOC(=O)c1cc(F)cc(CC)c1.CCc1cc(C(=O)OC)cc(C(=O)N(C)C)c1.CCc1cc(C)cc(C(=O)OC)c1.CNc1cc(C(N)=O)cc(C(=O)N(C)C)c1. The number of amides is 3. The molecule has 0 atom stereocenters. The summed E-state index contributed by atoms with van der Waals surface area (Å²) in [4.78, 5) is 83.1. The second-order valence-electron chi connectivity index (χ2n) is 16.7. The van der Waals surface area contributed by atoms with E-state index in [1.165, 1.54) is 47.8 Å². The van der Waals surface area contributed by atoms with Crippen LogP contribution in [0.2, 0.25) is 0 Å². The van der Waals surface area contributed by atoms with Crippen molar-refractivity contribution in [2.75, 3.05) is 75.1 Å². The summed E-state index contributed by atoms with van der Waals surface area (Å²) in [6, 6.07) is 25.5. The van der Waals surface area contributed by atoms with Crippen molar-refractivity contribution in [2.24, 2.45) is 5.73 Å². The van der Waals surface area contributed by atoms with Crippen molar-refractivity contribution in [1.82, 2.24) is 9.80 Å². The first-order valence-corrected chi connectivity index (χ1v) is 24.3. The molecule has 0 radical (unpaired) electrons. The zero-order valence-corrected chi connectivity index (χ0v) is 46.2. The van der Waals surface area contributed by atoms with E-state index in [4.69, 9.17) is 19.9 Å². The molecule has 5 aromatic rings. The first kappa shape index (κ1) is 64.9. The Hall–Kier alpha value is -8.08. The van der Waals surface area contributed by atoms with Crippen molar-refractivity contribution in [1.29, 1.82) is 0 Å². The van der Waals surface area contributed by atoms with Crippen molar-refractivity contribution in [2.45, 2.75) is 74.1 Å². The molecular formula is C58H75FN4O12. The van der Waals surface area contributed by atoms with Gasteiger partial charge in [0, 0.05) is 57.6 Å². The molecule has 75 heavy (non-hydrogen) atoms. The lowest BCUT2D eigenvalue weighted by Gasteiger charge is -2.12. The molecule has 3 amide bonds. The quantitative estimate of drug-likeness (QED) is 0.0740. The van der Waals surface area contributed by atoms with Gasteiger partial charge in [-0.15, -0.1) is 0 Å². The van der Waals surface area contributed by atoms with Gasteiger partial charge < -0.3 is 44.5 Å². The summed E-state index contributed by atoms with van der Waals surface area (Å²) in [6.45, 7) is 14.1. The van der Waals surface area contributed by atoms with Crippen LogP contribution in [0.4, 0.5) is 10.1 Å². The van der Waals surface area contributed by atoms with Gasteiger partial charge in [0.25, 0.3) is 11.8 Å². The number of carbonyl (C=O) groups is 7. The summed E-state index contributed by atoms with van der Waals surface area (Å²) in [6.07, 6.45) is 3.28. The highest BCUT2D eigenvalue weighted by molar-refractivity contribution is 6.01. The van der Waals surface area contributed by atoms with Crippen molar-refractivity contribution >= 4 is 47.3 Å². The third kappa shape index (κ3) is 21.9. The smallest absolute Gasteiger partial charge is 0.341 e. The van der Waals surface area contributed by atoms with Crippen LogP contribution in [-0.4, -0.2) is 121 Å². The second-order valence-corrected chi connectivity index (χ2v) is 16.7. The van der Waals surface area contributed by atoms with Crippen LogP contribution >= 0.6 is 0 Å². The van der Waals surface area contributed by atoms with Crippen LogP contribution in [0.5, 0.6) is 5.75 Å². The molecule has 0 bridgehead atoms. The molecule has 5 rings (SSSR count). The van der Waals surface area contributed by atoms with Crippen molar-refractivity contribution in [3.63, 3.8) is 0 Å². The summed E-state index contributed by atoms with van der Waals surface area (Å²) < 4.78 is 37.2. The number of carbonyl (C=O) groups excluding carboxylic acids is 7. The molecule has 0 aromatic heterocycles. The Balaban J connectivity index is 0.000000470. The first-order chi connectivity index (χ1) is 35.5. The number of hydrogen-bond acceptors (Lipinski definition) is 13. The normalized spacial score (nSPS) is 9.81. The number of primary amides is 1. The topological polar surface area (TPSA) is 210 Å². The van der Waals surface area contributed by atoms with E-state index in [0.717, 1.165) is 41.5 Å². The molecule has 0 aliphatic rings. The number of ether oxygens (including phenoxy) is 5. The number of aryl methyl sites for hydroxylation is 5. The third-order valence-corrected chi connectivity index (χ3v) is 10.6. The molecule has 0 aliphatic carbocycles. The van der Waals surface area contributed by atoms with Gasteiger partial charge in [-0.1, -0.05) is 45.4 Å².